The summed E-state index contributed by atoms with van der Waals surface area (Å²) >= 11 is 0. The number of nitrogens with zero attached hydrogens (tertiary/aromatic N) is 1. The number of carbonyl (C=O) groups excluding carboxylic acids is 1. The van der Waals surface area contributed by atoms with Crippen LogP contribution in [-0.4, -0.2) is 45.7 Å². The van der Waals surface area contributed by atoms with Crippen molar-refractivity contribution in [2.75, 3.05) is 13.1 Å². The average Bonchev–Trinajstić information content (AvgIpc) is 2.56. The molecule has 1 unspecified atom stereocenters. The smallest absolute Gasteiger partial charge is 0.310 e. The first-order valence-corrected chi connectivity index (χ1v) is 7.50. The van der Waals surface area contributed by atoms with Crippen LogP contribution in [0.1, 0.15) is 59.3 Å². The van der Waals surface area contributed by atoms with Gasteiger partial charge in [-0.1, -0.05) is 13.8 Å². The molecule has 0 spiro atoms. The van der Waals surface area contributed by atoms with Gasteiger partial charge in [0.15, 0.2) is 0 Å². The summed E-state index contributed by atoms with van der Waals surface area (Å²) < 4.78 is 0. The van der Waals surface area contributed by atoms with E-state index in [1.54, 1.807) is 11.8 Å². The van der Waals surface area contributed by atoms with E-state index in [9.17, 15) is 19.8 Å². The lowest BCUT2D eigenvalue weighted by molar-refractivity contribution is -0.154. The van der Waals surface area contributed by atoms with Crippen molar-refractivity contribution < 1.29 is 19.8 Å². The highest BCUT2D eigenvalue weighted by Crippen LogP contribution is 2.32. The minimum Gasteiger partial charge on any atom is -0.481 e. The zero-order valence-corrected chi connectivity index (χ0v) is 12.8. The van der Waals surface area contributed by atoms with Crippen LogP contribution in [-0.2, 0) is 9.59 Å². The molecule has 5 heteroatoms. The standard InChI is InChI=1S/C15H27NO4/c1-4-15(5-2,13(18)19)11-12(17)16-9-6-7-14(3,20)8-10-16/h20H,4-11H2,1-3H3,(H,18,19). The molecule has 1 rings (SSSR count). The quantitative estimate of drug-likeness (QED) is 0.810. The van der Waals surface area contributed by atoms with Crippen molar-refractivity contribution >= 4 is 11.9 Å². The molecular weight excluding hydrogens is 258 g/mol. The number of carbonyl (C=O) groups is 2. The van der Waals surface area contributed by atoms with E-state index < -0.39 is 17.0 Å². The summed E-state index contributed by atoms with van der Waals surface area (Å²) in [5, 5.41) is 19.4. The molecule has 1 atom stereocenters. The molecule has 1 aliphatic heterocycles. The predicted octanol–water partition coefficient (Wildman–Crippen LogP) is 2.03. The summed E-state index contributed by atoms with van der Waals surface area (Å²) in [4.78, 5) is 25.6. The van der Waals surface area contributed by atoms with Crippen molar-refractivity contribution in [3.8, 4) is 0 Å². The predicted molar refractivity (Wildman–Crippen MR) is 76.3 cm³/mol. The Morgan fingerprint density at radius 1 is 1.20 bits per heavy atom. The van der Waals surface area contributed by atoms with Crippen LogP contribution in [0.5, 0.6) is 0 Å². The van der Waals surface area contributed by atoms with Crippen molar-refractivity contribution in [1.82, 2.24) is 4.90 Å². The van der Waals surface area contributed by atoms with Gasteiger partial charge in [0, 0.05) is 19.5 Å². The van der Waals surface area contributed by atoms with E-state index in [1.165, 1.54) is 0 Å². The zero-order valence-electron chi connectivity index (χ0n) is 12.8. The Hall–Kier alpha value is -1.10. The molecule has 116 valence electrons. The van der Waals surface area contributed by atoms with E-state index in [0.29, 0.717) is 38.8 Å². The lowest BCUT2D eigenvalue weighted by atomic mass is 9.79. The highest BCUT2D eigenvalue weighted by molar-refractivity contribution is 5.85. The molecular formula is C15H27NO4. The molecule has 1 saturated heterocycles. The number of hydrogen-bond acceptors (Lipinski definition) is 3. The summed E-state index contributed by atoms with van der Waals surface area (Å²) in [5.74, 6) is -0.994. The Labute approximate surface area is 121 Å². The van der Waals surface area contributed by atoms with Gasteiger partial charge in [0.05, 0.1) is 11.0 Å². The summed E-state index contributed by atoms with van der Waals surface area (Å²) in [5.41, 5.74) is -1.67. The van der Waals surface area contributed by atoms with Crippen LogP contribution in [0.4, 0.5) is 0 Å². The van der Waals surface area contributed by atoms with Gasteiger partial charge in [-0.05, 0) is 39.0 Å². The van der Waals surface area contributed by atoms with Crippen molar-refractivity contribution in [3.63, 3.8) is 0 Å². The Morgan fingerprint density at radius 3 is 2.30 bits per heavy atom. The molecule has 0 aromatic carbocycles. The van der Waals surface area contributed by atoms with E-state index in [1.807, 2.05) is 13.8 Å². The molecule has 0 saturated carbocycles. The zero-order chi connectivity index (χ0) is 15.4. The van der Waals surface area contributed by atoms with Crippen LogP contribution >= 0.6 is 0 Å². The Morgan fingerprint density at radius 2 is 1.80 bits per heavy atom. The Kier molecular flexibility index (Phi) is 5.57. The summed E-state index contributed by atoms with van der Waals surface area (Å²) in [7, 11) is 0. The van der Waals surface area contributed by atoms with Crippen LogP contribution < -0.4 is 0 Å². The molecule has 0 aromatic heterocycles. The van der Waals surface area contributed by atoms with Crippen LogP contribution in [0, 0.1) is 5.41 Å². The van der Waals surface area contributed by atoms with Gasteiger partial charge in [-0.3, -0.25) is 9.59 Å². The lowest BCUT2D eigenvalue weighted by Gasteiger charge is -2.30. The summed E-state index contributed by atoms with van der Waals surface area (Å²) in [6.45, 7) is 6.55. The minimum atomic E-state index is -0.952. The molecule has 2 N–H and O–H groups in total. The van der Waals surface area contributed by atoms with E-state index in [4.69, 9.17) is 0 Å². The van der Waals surface area contributed by atoms with Crippen molar-refractivity contribution in [2.45, 2.75) is 64.9 Å². The number of aliphatic hydroxyl groups is 1. The van der Waals surface area contributed by atoms with Gasteiger partial charge in [0.25, 0.3) is 0 Å². The topological polar surface area (TPSA) is 77.8 Å². The fourth-order valence-corrected chi connectivity index (χ4v) is 2.79. The van der Waals surface area contributed by atoms with Gasteiger partial charge >= 0.3 is 5.97 Å². The molecule has 1 heterocycles. The number of likely N-dealkylation sites (tertiary alicyclic amines) is 1. The number of aliphatic carboxylic acids is 1. The number of carboxylic acids is 1. The van der Waals surface area contributed by atoms with E-state index in [-0.39, 0.29) is 12.3 Å². The lowest BCUT2D eigenvalue weighted by Crippen LogP contribution is -2.40. The van der Waals surface area contributed by atoms with Gasteiger partial charge in [-0.25, -0.2) is 0 Å². The first-order valence-electron chi connectivity index (χ1n) is 7.50. The maximum absolute atomic E-state index is 12.4. The third-order valence-corrected chi connectivity index (χ3v) is 4.71. The monoisotopic (exact) mass is 285 g/mol. The maximum atomic E-state index is 12.4. The molecule has 1 fully saturated rings. The molecule has 0 aliphatic carbocycles. The molecule has 1 amide bonds. The van der Waals surface area contributed by atoms with Gasteiger partial charge < -0.3 is 15.1 Å². The Balaban J connectivity index is 2.72. The van der Waals surface area contributed by atoms with Crippen molar-refractivity contribution in [1.29, 1.82) is 0 Å². The normalized spacial score (nSPS) is 24.3. The first-order chi connectivity index (χ1) is 9.26. The summed E-state index contributed by atoms with van der Waals surface area (Å²) in [6, 6.07) is 0. The fraction of sp³-hybridized carbons (Fsp3) is 0.867. The van der Waals surface area contributed by atoms with Crippen LogP contribution in [0.3, 0.4) is 0 Å². The average molecular weight is 285 g/mol. The van der Waals surface area contributed by atoms with Crippen molar-refractivity contribution in [3.05, 3.63) is 0 Å². The number of hydrogen-bond donors (Lipinski definition) is 2. The number of amides is 1. The first kappa shape index (κ1) is 17.0. The largest absolute Gasteiger partial charge is 0.481 e. The van der Waals surface area contributed by atoms with E-state index >= 15 is 0 Å². The maximum Gasteiger partial charge on any atom is 0.310 e. The second kappa shape index (κ2) is 6.57. The van der Waals surface area contributed by atoms with Crippen LogP contribution in [0.2, 0.25) is 0 Å². The SMILES string of the molecule is CCC(CC)(CC(=O)N1CCCC(C)(O)CC1)C(=O)O. The van der Waals surface area contributed by atoms with Crippen LogP contribution in [0.25, 0.3) is 0 Å². The molecule has 0 radical (unpaired) electrons. The highest BCUT2D eigenvalue weighted by atomic mass is 16.4. The second-order valence-electron chi connectivity index (χ2n) is 6.20. The number of carboxylic acid groups (broad SMARTS) is 1. The molecule has 20 heavy (non-hydrogen) atoms. The molecule has 1 aliphatic rings. The minimum absolute atomic E-state index is 0.0531. The van der Waals surface area contributed by atoms with Gasteiger partial charge in [0.1, 0.15) is 0 Å². The fourth-order valence-electron chi connectivity index (χ4n) is 2.79. The van der Waals surface area contributed by atoms with Gasteiger partial charge in [0.2, 0.25) is 5.91 Å². The molecule has 5 nitrogen and oxygen atoms in total. The van der Waals surface area contributed by atoms with Gasteiger partial charge in [-0.2, -0.15) is 0 Å². The Bertz CT molecular complexity index is 361. The van der Waals surface area contributed by atoms with E-state index in [2.05, 4.69) is 0 Å². The molecule has 0 aromatic rings. The van der Waals surface area contributed by atoms with Gasteiger partial charge in [-0.15, -0.1) is 0 Å². The molecule has 0 bridgehead atoms. The summed E-state index contributed by atoms with van der Waals surface area (Å²) in [6.07, 6.45) is 2.96. The highest BCUT2D eigenvalue weighted by Gasteiger charge is 2.39. The van der Waals surface area contributed by atoms with E-state index in [0.717, 1.165) is 6.42 Å². The second-order valence-corrected chi connectivity index (χ2v) is 6.20. The van der Waals surface area contributed by atoms with Crippen molar-refractivity contribution in [2.24, 2.45) is 5.41 Å². The number of rotatable bonds is 5. The third-order valence-electron chi connectivity index (χ3n) is 4.71. The third kappa shape index (κ3) is 3.95. The van der Waals surface area contributed by atoms with Crippen LogP contribution in [0.15, 0.2) is 0 Å².